The molecule has 1 amide bonds. The van der Waals surface area contributed by atoms with Crippen molar-refractivity contribution in [3.05, 3.63) is 22.3 Å². The fraction of sp³-hybridized carbons (Fsp3) is 0.625. The smallest absolute Gasteiger partial charge is 0.254 e. The minimum Gasteiger partial charge on any atom is -0.375 e. The minimum atomic E-state index is -0.189. The molecule has 2 aliphatic rings. The lowest BCUT2D eigenvalue weighted by molar-refractivity contribution is -0.0615. The summed E-state index contributed by atoms with van der Waals surface area (Å²) < 4.78 is 7.35. The summed E-state index contributed by atoms with van der Waals surface area (Å²) >= 11 is 1.63. The zero-order valence-corrected chi connectivity index (χ0v) is 14.7. The van der Waals surface area contributed by atoms with Gasteiger partial charge in [0.1, 0.15) is 11.3 Å². The molecule has 1 aliphatic carbocycles. The monoisotopic (exact) mass is 347 g/mol. The van der Waals surface area contributed by atoms with Crippen LogP contribution in [0.2, 0.25) is 0 Å². The van der Waals surface area contributed by atoms with E-state index in [-0.39, 0.29) is 17.6 Å². The molecule has 0 bridgehead atoms. The van der Waals surface area contributed by atoms with E-state index in [2.05, 4.69) is 34.7 Å². The van der Waals surface area contributed by atoms with Gasteiger partial charge in [-0.3, -0.25) is 4.79 Å². The topological polar surface area (TPSA) is 81.9 Å². The van der Waals surface area contributed by atoms with Crippen LogP contribution in [0, 0.1) is 0 Å². The molecule has 7 nitrogen and oxygen atoms in total. The van der Waals surface area contributed by atoms with Gasteiger partial charge in [0, 0.05) is 17.5 Å². The molecule has 24 heavy (non-hydrogen) atoms. The third-order valence-electron chi connectivity index (χ3n) is 4.72. The number of rotatable bonds is 3. The van der Waals surface area contributed by atoms with E-state index in [0.29, 0.717) is 6.61 Å². The average Bonchev–Trinajstić information content (AvgIpc) is 3.22. The van der Waals surface area contributed by atoms with Gasteiger partial charge in [-0.2, -0.15) is 4.68 Å². The number of carbonyl (C=O) groups is 1. The Labute approximate surface area is 144 Å². The molecule has 0 aromatic carbocycles. The lowest BCUT2D eigenvalue weighted by Gasteiger charge is -2.35. The van der Waals surface area contributed by atoms with Gasteiger partial charge in [0.2, 0.25) is 0 Å². The SMILES string of the molecule is CC1(C)C[C@H](NC(=O)c2c(-n3cnnn3)sc3c2CCC3)CCO1. The Bertz CT molecular complexity index is 753. The lowest BCUT2D eigenvalue weighted by Crippen LogP contribution is -2.46. The second-order valence-electron chi connectivity index (χ2n) is 7.06. The average molecular weight is 347 g/mol. The van der Waals surface area contributed by atoms with E-state index in [4.69, 9.17) is 4.74 Å². The van der Waals surface area contributed by atoms with Crippen molar-refractivity contribution in [2.45, 2.75) is 57.6 Å². The van der Waals surface area contributed by atoms with Gasteiger partial charge in [0.25, 0.3) is 5.91 Å². The Kier molecular flexibility index (Phi) is 3.88. The van der Waals surface area contributed by atoms with Crippen LogP contribution >= 0.6 is 11.3 Å². The van der Waals surface area contributed by atoms with Crippen LogP contribution in [0.4, 0.5) is 0 Å². The number of amides is 1. The normalized spacial score (nSPS) is 22.3. The molecule has 0 spiro atoms. The Morgan fingerprint density at radius 2 is 2.33 bits per heavy atom. The highest BCUT2D eigenvalue weighted by Gasteiger charge is 2.33. The van der Waals surface area contributed by atoms with E-state index in [1.54, 1.807) is 22.3 Å². The molecule has 1 aliphatic heterocycles. The number of aryl methyl sites for hydroxylation is 1. The van der Waals surface area contributed by atoms with Crippen LogP contribution in [-0.4, -0.2) is 44.4 Å². The number of tetrazole rings is 1. The number of thiophene rings is 1. The van der Waals surface area contributed by atoms with Crippen molar-refractivity contribution in [1.82, 2.24) is 25.5 Å². The Morgan fingerprint density at radius 3 is 3.08 bits per heavy atom. The van der Waals surface area contributed by atoms with Gasteiger partial charge in [0.15, 0.2) is 0 Å². The van der Waals surface area contributed by atoms with Crippen LogP contribution in [0.15, 0.2) is 6.33 Å². The number of carbonyl (C=O) groups excluding carboxylic acids is 1. The fourth-order valence-corrected chi connectivity index (χ4v) is 4.95. The van der Waals surface area contributed by atoms with Crippen molar-refractivity contribution in [2.24, 2.45) is 0 Å². The van der Waals surface area contributed by atoms with Gasteiger partial charge in [-0.25, -0.2) is 0 Å². The van der Waals surface area contributed by atoms with Crippen molar-refractivity contribution in [1.29, 1.82) is 0 Å². The summed E-state index contributed by atoms with van der Waals surface area (Å²) in [7, 11) is 0. The van der Waals surface area contributed by atoms with E-state index in [1.165, 1.54) is 10.4 Å². The number of nitrogens with zero attached hydrogens (tertiary/aromatic N) is 4. The molecule has 4 rings (SSSR count). The number of nitrogens with one attached hydrogen (secondary N) is 1. The largest absolute Gasteiger partial charge is 0.375 e. The van der Waals surface area contributed by atoms with Crippen LogP contribution in [0.25, 0.3) is 5.00 Å². The highest BCUT2D eigenvalue weighted by atomic mass is 32.1. The van der Waals surface area contributed by atoms with Crippen LogP contribution in [0.3, 0.4) is 0 Å². The molecule has 3 heterocycles. The molecular weight excluding hydrogens is 326 g/mol. The van der Waals surface area contributed by atoms with E-state index >= 15 is 0 Å². The van der Waals surface area contributed by atoms with Crippen molar-refractivity contribution in [3.63, 3.8) is 0 Å². The maximum atomic E-state index is 13.0. The van der Waals surface area contributed by atoms with Crippen molar-refractivity contribution < 1.29 is 9.53 Å². The predicted molar refractivity (Wildman–Crippen MR) is 89.6 cm³/mol. The van der Waals surface area contributed by atoms with Gasteiger partial charge in [-0.1, -0.05) is 0 Å². The minimum absolute atomic E-state index is 0.0115. The molecule has 0 radical (unpaired) electrons. The maximum absolute atomic E-state index is 13.0. The first-order valence-electron chi connectivity index (χ1n) is 8.36. The Morgan fingerprint density at radius 1 is 1.46 bits per heavy atom. The summed E-state index contributed by atoms with van der Waals surface area (Å²) in [5, 5.41) is 15.4. The summed E-state index contributed by atoms with van der Waals surface area (Å²) in [5.74, 6) is -0.0115. The van der Waals surface area contributed by atoms with Crippen LogP contribution in [-0.2, 0) is 17.6 Å². The zero-order chi connectivity index (χ0) is 16.7. The van der Waals surface area contributed by atoms with Crippen molar-refractivity contribution in [2.75, 3.05) is 6.61 Å². The quantitative estimate of drug-likeness (QED) is 0.917. The number of fused-ring (bicyclic) bond motifs is 1. The molecule has 128 valence electrons. The fourth-order valence-electron chi connectivity index (χ4n) is 3.65. The Balaban J connectivity index is 1.62. The standard InChI is InChI=1S/C16H21N5O2S/c1-16(2)8-10(6-7-23-16)18-14(22)13-11-4-3-5-12(11)24-15(13)21-9-17-19-20-21/h9-10H,3-8H2,1-2H3,(H,18,22)/t10-/m1/s1. The van der Waals surface area contributed by atoms with E-state index < -0.39 is 0 Å². The highest BCUT2D eigenvalue weighted by molar-refractivity contribution is 7.15. The second-order valence-corrected chi connectivity index (χ2v) is 8.15. The number of hydrogen-bond donors (Lipinski definition) is 1. The first-order valence-corrected chi connectivity index (χ1v) is 9.18. The summed E-state index contributed by atoms with van der Waals surface area (Å²) in [6.07, 6.45) is 6.33. The number of hydrogen-bond acceptors (Lipinski definition) is 6. The molecule has 0 unspecified atom stereocenters. The molecule has 0 saturated carbocycles. The van der Waals surface area contributed by atoms with Gasteiger partial charge < -0.3 is 10.1 Å². The first-order chi connectivity index (χ1) is 11.5. The highest BCUT2D eigenvalue weighted by Crippen LogP contribution is 2.37. The van der Waals surface area contributed by atoms with Gasteiger partial charge in [-0.05, 0) is 61.9 Å². The van der Waals surface area contributed by atoms with E-state index in [1.807, 2.05) is 0 Å². The zero-order valence-electron chi connectivity index (χ0n) is 13.9. The van der Waals surface area contributed by atoms with Crippen molar-refractivity contribution in [3.8, 4) is 5.00 Å². The molecule has 1 N–H and O–H groups in total. The third kappa shape index (κ3) is 2.84. The van der Waals surface area contributed by atoms with E-state index in [9.17, 15) is 4.79 Å². The summed E-state index contributed by atoms with van der Waals surface area (Å²) in [5.41, 5.74) is 1.74. The molecule has 1 atom stereocenters. The molecule has 2 aromatic heterocycles. The number of aromatic nitrogens is 4. The van der Waals surface area contributed by atoms with Crippen LogP contribution < -0.4 is 5.32 Å². The maximum Gasteiger partial charge on any atom is 0.254 e. The molecule has 8 heteroatoms. The van der Waals surface area contributed by atoms with Gasteiger partial charge >= 0.3 is 0 Å². The summed E-state index contributed by atoms with van der Waals surface area (Å²) in [6, 6.07) is 0.139. The third-order valence-corrected chi connectivity index (χ3v) is 6.00. The number of ether oxygens (including phenoxy) is 1. The van der Waals surface area contributed by atoms with Crippen LogP contribution in [0.1, 0.15) is 53.9 Å². The van der Waals surface area contributed by atoms with E-state index in [0.717, 1.165) is 42.7 Å². The van der Waals surface area contributed by atoms with Gasteiger partial charge in [-0.15, -0.1) is 16.4 Å². The van der Waals surface area contributed by atoms with Crippen LogP contribution in [0.5, 0.6) is 0 Å². The first kappa shape index (κ1) is 15.7. The summed E-state index contributed by atoms with van der Waals surface area (Å²) in [4.78, 5) is 14.3. The molecule has 2 aromatic rings. The molecule has 1 saturated heterocycles. The second kappa shape index (κ2) is 5.93. The summed E-state index contributed by atoms with van der Waals surface area (Å²) in [6.45, 7) is 4.82. The lowest BCUT2D eigenvalue weighted by atomic mass is 9.93. The van der Waals surface area contributed by atoms with Gasteiger partial charge in [0.05, 0.1) is 11.2 Å². The predicted octanol–water partition coefficient (Wildman–Crippen LogP) is 1.90. The molecule has 1 fully saturated rings. The Hall–Kier alpha value is -1.80. The van der Waals surface area contributed by atoms with Crippen molar-refractivity contribution >= 4 is 17.2 Å². The molecular formula is C16H21N5O2S.